The summed E-state index contributed by atoms with van der Waals surface area (Å²) in [5.41, 5.74) is -0.566. The summed E-state index contributed by atoms with van der Waals surface area (Å²) >= 11 is 0. The molecule has 1 N–H and O–H groups in total. The van der Waals surface area contributed by atoms with Crippen molar-refractivity contribution in [3.8, 4) is 5.75 Å². The summed E-state index contributed by atoms with van der Waals surface area (Å²) in [4.78, 5) is 0. The number of aliphatic hydroxyl groups is 1. The molecule has 0 atom stereocenters. The van der Waals surface area contributed by atoms with Crippen LogP contribution in [0.3, 0.4) is 0 Å². The molecule has 0 aromatic heterocycles. The van der Waals surface area contributed by atoms with Gasteiger partial charge in [0.1, 0.15) is 17.4 Å². The zero-order valence-corrected chi connectivity index (χ0v) is 9.31. The van der Waals surface area contributed by atoms with Crippen molar-refractivity contribution in [1.82, 2.24) is 0 Å². The van der Waals surface area contributed by atoms with Gasteiger partial charge in [0.15, 0.2) is 0 Å². The Kier molecular flexibility index (Phi) is 2.62. The topological polar surface area (TPSA) is 29.5 Å². The van der Waals surface area contributed by atoms with Gasteiger partial charge in [0, 0.05) is 29.0 Å². The molecule has 88 valence electrons. The molecule has 16 heavy (non-hydrogen) atoms. The maximum absolute atomic E-state index is 14.1. The van der Waals surface area contributed by atoms with Crippen LogP contribution in [0, 0.1) is 11.6 Å². The summed E-state index contributed by atoms with van der Waals surface area (Å²) in [6.07, 6.45) is 0.454. The SMILES string of the molecule is CC(C)(CO)c1c(F)cc2c(c1F)CCO2. The van der Waals surface area contributed by atoms with Gasteiger partial charge in [-0.3, -0.25) is 0 Å². The van der Waals surface area contributed by atoms with Crippen molar-refractivity contribution in [3.63, 3.8) is 0 Å². The van der Waals surface area contributed by atoms with E-state index in [0.717, 1.165) is 0 Å². The number of aliphatic hydroxyl groups excluding tert-OH is 1. The third-order valence-corrected chi connectivity index (χ3v) is 2.96. The van der Waals surface area contributed by atoms with Crippen LogP contribution in [0.1, 0.15) is 25.0 Å². The maximum Gasteiger partial charge on any atom is 0.136 e. The van der Waals surface area contributed by atoms with E-state index < -0.39 is 17.0 Å². The first-order chi connectivity index (χ1) is 7.47. The van der Waals surface area contributed by atoms with Crippen LogP contribution in [-0.2, 0) is 11.8 Å². The van der Waals surface area contributed by atoms with Crippen LogP contribution in [0.5, 0.6) is 5.75 Å². The molecule has 4 heteroatoms. The second kappa shape index (κ2) is 3.70. The summed E-state index contributed by atoms with van der Waals surface area (Å²) in [6, 6.07) is 1.21. The van der Waals surface area contributed by atoms with Crippen molar-refractivity contribution in [3.05, 3.63) is 28.8 Å². The highest BCUT2D eigenvalue weighted by molar-refractivity contribution is 5.44. The van der Waals surface area contributed by atoms with Gasteiger partial charge >= 0.3 is 0 Å². The molecule has 0 saturated carbocycles. The predicted octanol–water partition coefficient (Wildman–Crippen LogP) is 2.17. The van der Waals surface area contributed by atoms with Crippen molar-refractivity contribution in [2.24, 2.45) is 0 Å². The van der Waals surface area contributed by atoms with Crippen molar-refractivity contribution in [2.45, 2.75) is 25.7 Å². The van der Waals surface area contributed by atoms with Crippen molar-refractivity contribution < 1.29 is 18.6 Å². The van der Waals surface area contributed by atoms with E-state index in [1.165, 1.54) is 6.07 Å². The molecule has 0 fully saturated rings. The van der Waals surface area contributed by atoms with Gasteiger partial charge in [-0.25, -0.2) is 8.78 Å². The second-order valence-electron chi connectivity index (χ2n) is 4.66. The van der Waals surface area contributed by atoms with Crippen LogP contribution in [-0.4, -0.2) is 18.3 Å². The van der Waals surface area contributed by atoms with Gasteiger partial charge in [0.2, 0.25) is 0 Å². The molecule has 0 aliphatic carbocycles. The first-order valence-corrected chi connectivity index (χ1v) is 5.22. The van der Waals surface area contributed by atoms with E-state index >= 15 is 0 Å². The Morgan fingerprint density at radius 3 is 2.75 bits per heavy atom. The molecule has 1 heterocycles. The largest absolute Gasteiger partial charge is 0.493 e. The average molecular weight is 228 g/mol. The summed E-state index contributed by atoms with van der Waals surface area (Å²) in [6.45, 7) is 3.29. The number of rotatable bonds is 2. The number of ether oxygens (including phenoxy) is 1. The Balaban J connectivity index is 2.63. The van der Waals surface area contributed by atoms with Gasteiger partial charge in [-0.1, -0.05) is 13.8 Å². The van der Waals surface area contributed by atoms with Crippen LogP contribution >= 0.6 is 0 Å². The first-order valence-electron chi connectivity index (χ1n) is 5.22. The molecule has 1 aliphatic rings. The molecule has 1 aromatic carbocycles. The van der Waals surface area contributed by atoms with E-state index in [1.54, 1.807) is 13.8 Å². The number of halogens is 2. The van der Waals surface area contributed by atoms with Crippen LogP contribution in [0.2, 0.25) is 0 Å². The lowest BCUT2D eigenvalue weighted by atomic mass is 9.83. The quantitative estimate of drug-likeness (QED) is 0.840. The van der Waals surface area contributed by atoms with E-state index in [2.05, 4.69) is 0 Å². The van der Waals surface area contributed by atoms with Crippen molar-refractivity contribution >= 4 is 0 Å². The Morgan fingerprint density at radius 2 is 2.12 bits per heavy atom. The zero-order chi connectivity index (χ0) is 11.9. The molecule has 2 nitrogen and oxygen atoms in total. The van der Waals surface area contributed by atoms with Crippen LogP contribution in [0.4, 0.5) is 8.78 Å². The Morgan fingerprint density at radius 1 is 1.44 bits per heavy atom. The molecule has 0 unspecified atom stereocenters. The van der Waals surface area contributed by atoms with E-state index in [4.69, 9.17) is 4.74 Å². The minimum atomic E-state index is -0.925. The molecular weight excluding hydrogens is 214 g/mol. The van der Waals surface area contributed by atoms with Gasteiger partial charge in [-0.15, -0.1) is 0 Å². The first kappa shape index (κ1) is 11.3. The lowest BCUT2D eigenvalue weighted by Crippen LogP contribution is -2.25. The lowest BCUT2D eigenvalue weighted by Gasteiger charge is -2.24. The normalized spacial score (nSPS) is 14.8. The highest BCUT2D eigenvalue weighted by Crippen LogP contribution is 2.36. The van der Waals surface area contributed by atoms with Crippen LogP contribution in [0.25, 0.3) is 0 Å². The van der Waals surface area contributed by atoms with Gasteiger partial charge in [-0.05, 0) is 0 Å². The molecule has 2 rings (SSSR count). The van der Waals surface area contributed by atoms with Gasteiger partial charge < -0.3 is 9.84 Å². The molecular formula is C12H14F2O2. The predicted molar refractivity (Wildman–Crippen MR) is 55.7 cm³/mol. The lowest BCUT2D eigenvalue weighted by molar-refractivity contribution is 0.210. The molecule has 0 saturated heterocycles. The van der Waals surface area contributed by atoms with Crippen LogP contribution < -0.4 is 4.74 Å². The fraction of sp³-hybridized carbons (Fsp3) is 0.500. The standard InChI is InChI=1S/C12H14F2O2/c1-12(2,6-15)10-8(13)5-9-7(11(10)14)3-4-16-9/h5,15H,3-4,6H2,1-2H3. The third-order valence-electron chi connectivity index (χ3n) is 2.96. The van der Waals surface area contributed by atoms with E-state index in [-0.39, 0.29) is 17.9 Å². The Bertz CT molecular complexity index is 428. The summed E-state index contributed by atoms with van der Waals surface area (Å²) < 4.78 is 33.0. The van der Waals surface area contributed by atoms with Gasteiger partial charge in [0.05, 0.1) is 13.2 Å². The molecule has 1 aromatic rings. The van der Waals surface area contributed by atoms with E-state index in [1.807, 2.05) is 0 Å². The zero-order valence-electron chi connectivity index (χ0n) is 9.31. The average Bonchev–Trinajstić information content (AvgIpc) is 2.65. The molecule has 0 bridgehead atoms. The highest BCUT2D eigenvalue weighted by atomic mass is 19.1. The minimum Gasteiger partial charge on any atom is -0.493 e. The molecule has 0 amide bonds. The summed E-state index contributed by atoms with van der Waals surface area (Å²) in [7, 11) is 0. The smallest absolute Gasteiger partial charge is 0.136 e. The summed E-state index contributed by atoms with van der Waals surface area (Å²) in [5.74, 6) is -0.948. The fourth-order valence-electron chi connectivity index (χ4n) is 1.96. The Hall–Kier alpha value is -1.16. The van der Waals surface area contributed by atoms with Gasteiger partial charge in [-0.2, -0.15) is 0 Å². The molecule has 1 aliphatic heterocycles. The number of hydrogen-bond donors (Lipinski definition) is 1. The highest BCUT2D eigenvalue weighted by Gasteiger charge is 2.32. The molecule has 0 radical (unpaired) electrons. The maximum atomic E-state index is 14.1. The van der Waals surface area contributed by atoms with E-state index in [0.29, 0.717) is 18.6 Å². The fourth-order valence-corrected chi connectivity index (χ4v) is 1.96. The summed E-state index contributed by atoms with van der Waals surface area (Å²) in [5, 5.41) is 9.18. The monoisotopic (exact) mass is 228 g/mol. The Labute approximate surface area is 92.9 Å². The molecule has 0 spiro atoms. The van der Waals surface area contributed by atoms with Crippen LogP contribution in [0.15, 0.2) is 6.07 Å². The van der Waals surface area contributed by atoms with Crippen molar-refractivity contribution in [2.75, 3.05) is 13.2 Å². The van der Waals surface area contributed by atoms with Gasteiger partial charge in [0.25, 0.3) is 0 Å². The number of benzene rings is 1. The van der Waals surface area contributed by atoms with Crippen molar-refractivity contribution in [1.29, 1.82) is 0 Å². The number of fused-ring (bicyclic) bond motifs is 1. The van der Waals surface area contributed by atoms with E-state index in [9.17, 15) is 13.9 Å². The number of hydrogen-bond acceptors (Lipinski definition) is 2. The minimum absolute atomic E-state index is 0.0562. The second-order valence-corrected chi connectivity index (χ2v) is 4.66. The third kappa shape index (κ3) is 1.57.